The van der Waals surface area contributed by atoms with Crippen molar-refractivity contribution in [2.75, 3.05) is 13.6 Å². The molecule has 1 aromatic rings. The predicted molar refractivity (Wildman–Crippen MR) is 76.9 cm³/mol. The van der Waals surface area contributed by atoms with Crippen LogP contribution in [0.5, 0.6) is 0 Å². The lowest BCUT2D eigenvalue weighted by atomic mass is 10.1. The largest absolute Gasteiger partial charge is 0.478 e. The molecule has 0 radical (unpaired) electrons. The van der Waals surface area contributed by atoms with E-state index in [1.54, 1.807) is 0 Å². The van der Waals surface area contributed by atoms with Gasteiger partial charge in [-0.25, -0.2) is 17.5 Å². The van der Waals surface area contributed by atoms with Crippen LogP contribution in [0, 0.1) is 19.8 Å². The highest BCUT2D eigenvalue weighted by Gasteiger charge is 2.34. The van der Waals surface area contributed by atoms with Crippen molar-refractivity contribution in [2.45, 2.75) is 44.4 Å². The molecule has 0 atom stereocenters. The number of sulfonamides is 1. The van der Waals surface area contributed by atoms with E-state index in [-0.39, 0.29) is 22.0 Å². The standard InChI is InChI=1S/C14H21NO5S/c1-9-12(14(16)17)13(10(2)20-9)21(18,19)15(3)8-11-6-4-5-7-11/h11H,4-8H2,1-3H3,(H,16,17). The Hall–Kier alpha value is -1.34. The van der Waals surface area contributed by atoms with Gasteiger partial charge in [0.05, 0.1) is 0 Å². The molecule has 0 bridgehead atoms. The number of rotatable bonds is 5. The van der Waals surface area contributed by atoms with E-state index in [1.807, 2.05) is 0 Å². The number of nitrogens with zero attached hydrogens (tertiary/aromatic N) is 1. The topological polar surface area (TPSA) is 87.8 Å². The fraction of sp³-hybridized carbons (Fsp3) is 0.643. The van der Waals surface area contributed by atoms with Crippen molar-refractivity contribution >= 4 is 16.0 Å². The Balaban J connectivity index is 2.37. The Morgan fingerprint density at radius 2 is 1.86 bits per heavy atom. The van der Waals surface area contributed by atoms with Gasteiger partial charge in [0.1, 0.15) is 22.0 Å². The van der Waals surface area contributed by atoms with E-state index < -0.39 is 16.0 Å². The SMILES string of the molecule is Cc1oc(C)c(S(=O)(=O)N(C)CC2CCCC2)c1C(=O)O. The van der Waals surface area contributed by atoms with Gasteiger partial charge in [-0.05, 0) is 32.6 Å². The fourth-order valence-corrected chi connectivity index (χ4v) is 4.64. The van der Waals surface area contributed by atoms with Crippen LogP contribution in [-0.4, -0.2) is 37.4 Å². The first-order chi connectivity index (χ1) is 9.75. The third kappa shape index (κ3) is 2.98. The maximum Gasteiger partial charge on any atom is 0.340 e. The Morgan fingerprint density at radius 1 is 1.29 bits per heavy atom. The summed E-state index contributed by atoms with van der Waals surface area (Å²) in [5.41, 5.74) is -0.259. The molecule has 1 heterocycles. The van der Waals surface area contributed by atoms with E-state index in [0.29, 0.717) is 12.5 Å². The van der Waals surface area contributed by atoms with Gasteiger partial charge < -0.3 is 9.52 Å². The average Bonchev–Trinajstić information content (AvgIpc) is 2.96. The van der Waals surface area contributed by atoms with Gasteiger partial charge in [0.2, 0.25) is 10.0 Å². The number of carboxylic acids is 1. The molecule has 1 aromatic heterocycles. The zero-order valence-electron chi connectivity index (χ0n) is 12.5. The van der Waals surface area contributed by atoms with Crippen molar-refractivity contribution in [3.63, 3.8) is 0 Å². The molecular weight excluding hydrogens is 294 g/mol. The van der Waals surface area contributed by atoms with Crippen molar-refractivity contribution in [3.05, 3.63) is 17.1 Å². The molecule has 7 heteroatoms. The minimum Gasteiger partial charge on any atom is -0.478 e. The summed E-state index contributed by atoms with van der Waals surface area (Å²) < 4.78 is 31.8. The Labute approximate surface area is 124 Å². The van der Waals surface area contributed by atoms with Crippen LogP contribution in [0.1, 0.15) is 47.6 Å². The second kappa shape index (κ2) is 5.81. The van der Waals surface area contributed by atoms with E-state index >= 15 is 0 Å². The minimum atomic E-state index is -3.85. The number of carboxylic acid groups (broad SMARTS) is 1. The molecule has 118 valence electrons. The minimum absolute atomic E-state index is 0.118. The average molecular weight is 315 g/mol. The summed E-state index contributed by atoms with van der Waals surface area (Å²) in [6, 6.07) is 0. The summed E-state index contributed by atoms with van der Waals surface area (Å²) in [6.45, 7) is 3.37. The number of hydrogen-bond acceptors (Lipinski definition) is 4. The van der Waals surface area contributed by atoms with E-state index in [9.17, 15) is 18.3 Å². The van der Waals surface area contributed by atoms with E-state index in [1.165, 1.54) is 25.2 Å². The third-order valence-corrected chi connectivity index (χ3v) is 6.05. The zero-order valence-corrected chi connectivity index (χ0v) is 13.4. The van der Waals surface area contributed by atoms with Crippen LogP contribution >= 0.6 is 0 Å². The summed E-state index contributed by atoms with van der Waals surface area (Å²) in [5, 5.41) is 9.25. The highest BCUT2D eigenvalue weighted by molar-refractivity contribution is 7.89. The van der Waals surface area contributed by atoms with Crippen LogP contribution in [0.4, 0.5) is 0 Å². The van der Waals surface area contributed by atoms with E-state index in [2.05, 4.69) is 0 Å². The van der Waals surface area contributed by atoms with Crippen LogP contribution in [0.25, 0.3) is 0 Å². The van der Waals surface area contributed by atoms with Crippen molar-refractivity contribution in [3.8, 4) is 0 Å². The van der Waals surface area contributed by atoms with Crippen molar-refractivity contribution in [2.24, 2.45) is 5.92 Å². The molecule has 0 unspecified atom stereocenters. The molecule has 1 fully saturated rings. The molecule has 1 aliphatic rings. The van der Waals surface area contributed by atoms with Crippen molar-refractivity contribution in [1.82, 2.24) is 4.31 Å². The number of aryl methyl sites for hydroxylation is 2. The lowest BCUT2D eigenvalue weighted by Gasteiger charge is -2.20. The van der Waals surface area contributed by atoms with Crippen LogP contribution in [0.2, 0.25) is 0 Å². The number of hydrogen-bond donors (Lipinski definition) is 1. The molecule has 0 spiro atoms. The van der Waals surface area contributed by atoms with Gasteiger partial charge in [0.25, 0.3) is 0 Å². The molecule has 21 heavy (non-hydrogen) atoms. The zero-order chi connectivity index (χ0) is 15.8. The third-order valence-electron chi connectivity index (χ3n) is 4.08. The van der Waals surface area contributed by atoms with Crippen LogP contribution in [0.15, 0.2) is 9.31 Å². The summed E-state index contributed by atoms with van der Waals surface area (Å²) in [7, 11) is -2.35. The van der Waals surface area contributed by atoms with Gasteiger partial charge in [0.15, 0.2) is 0 Å². The quantitative estimate of drug-likeness (QED) is 0.901. The monoisotopic (exact) mass is 315 g/mol. The maximum absolute atomic E-state index is 12.7. The molecule has 2 rings (SSSR count). The van der Waals surface area contributed by atoms with Crippen LogP contribution in [-0.2, 0) is 10.0 Å². The first-order valence-electron chi connectivity index (χ1n) is 7.04. The molecule has 0 amide bonds. The molecule has 0 aromatic carbocycles. The number of carbonyl (C=O) groups is 1. The second-order valence-corrected chi connectivity index (χ2v) is 7.64. The molecule has 0 saturated heterocycles. The smallest absolute Gasteiger partial charge is 0.340 e. The van der Waals surface area contributed by atoms with Gasteiger partial charge in [-0.3, -0.25) is 0 Å². The first kappa shape index (κ1) is 16.0. The normalized spacial score (nSPS) is 16.8. The molecule has 1 N–H and O–H groups in total. The lowest BCUT2D eigenvalue weighted by Crippen LogP contribution is -2.32. The Kier molecular flexibility index (Phi) is 4.43. The van der Waals surface area contributed by atoms with E-state index in [4.69, 9.17) is 4.42 Å². The summed E-state index contributed by atoms with van der Waals surface area (Å²) in [6.07, 6.45) is 4.30. The molecular formula is C14H21NO5S. The molecule has 6 nitrogen and oxygen atoms in total. The Bertz CT molecular complexity index is 641. The Morgan fingerprint density at radius 3 is 2.38 bits per heavy atom. The first-order valence-corrected chi connectivity index (χ1v) is 8.48. The van der Waals surface area contributed by atoms with Gasteiger partial charge >= 0.3 is 5.97 Å². The molecule has 1 aliphatic carbocycles. The van der Waals surface area contributed by atoms with Gasteiger partial charge in [0, 0.05) is 13.6 Å². The predicted octanol–water partition coefficient (Wildman–Crippen LogP) is 2.41. The van der Waals surface area contributed by atoms with Gasteiger partial charge in [-0.2, -0.15) is 0 Å². The second-order valence-electron chi connectivity index (χ2n) is 5.66. The van der Waals surface area contributed by atoms with Crippen LogP contribution < -0.4 is 0 Å². The van der Waals surface area contributed by atoms with Gasteiger partial charge in [-0.15, -0.1) is 0 Å². The molecule has 1 saturated carbocycles. The van der Waals surface area contributed by atoms with Crippen molar-refractivity contribution in [1.29, 1.82) is 0 Å². The van der Waals surface area contributed by atoms with E-state index in [0.717, 1.165) is 25.7 Å². The fourth-order valence-electron chi connectivity index (χ4n) is 3.03. The lowest BCUT2D eigenvalue weighted by molar-refractivity contribution is 0.0691. The summed E-state index contributed by atoms with van der Waals surface area (Å²) >= 11 is 0. The highest BCUT2D eigenvalue weighted by Crippen LogP contribution is 2.31. The number of furan rings is 1. The summed E-state index contributed by atoms with van der Waals surface area (Å²) in [4.78, 5) is 11.1. The molecule has 0 aliphatic heterocycles. The van der Waals surface area contributed by atoms with Gasteiger partial charge in [-0.1, -0.05) is 12.8 Å². The maximum atomic E-state index is 12.7. The highest BCUT2D eigenvalue weighted by atomic mass is 32.2. The summed E-state index contributed by atoms with van der Waals surface area (Å²) in [5.74, 6) is -0.681. The van der Waals surface area contributed by atoms with Crippen molar-refractivity contribution < 1.29 is 22.7 Å². The number of aromatic carboxylic acids is 1. The van der Waals surface area contributed by atoms with Crippen LogP contribution in [0.3, 0.4) is 0 Å².